The fraction of sp³-hybridized carbons (Fsp3) is 0.171. The number of benzene rings is 4. The third-order valence-electron chi connectivity index (χ3n) is 7.34. The average Bonchev–Trinajstić information content (AvgIpc) is 3.30. The minimum absolute atomic E-state index is 0.203. The first-order chi connectivity index (χ1) is 20.4. The van der Waals surface area contributed by atoms with E-state index in [1.165, 1.54) is 16.9 Å². The normalized spacial score (nSPS) is 14.9. The number of carbonyl (C=O) groups is 1. The van der Waals surface area contributed by atoms with Gasteiger partial charge in [0.15, 0.2) is 4.80 Å². The van der Waals surface area contributed by atoms with Gasteiger partial charge in [0.2, 0.25) is 0 Å². The molecule has 0 saturated heterocycles. The molecule has 0 unspecified atom stereocenters. The molecule has 2 heterocycles. The quantitative estimate of drug-likeness (QED) is 0.229. The number of hydrogen-bond donors (Lipinski definition) is 0. The number of aryl methyl sites for hydroxylation is 1. The van der Waals surface area contributed by atoms with Crippen LogP contribution in [0.2, 0.25) is 0 Å². The van der Waals surface area contributed by atoms with Gasteiger partial charge in [-0.05, 0) is 66.4 Å². The second-order valence-electron chi connectivity index (χ2n) is 10.2. The summed E-state index contributed by atoms with van der Waals surface area (Å²) in [6.07, 6.45) is 1.86. The van der Waals surface area contributed by atoms with Crippen molar-refractivity contribution in [3.05, 3.63) is 144 Å². The lowest BCUT2D eigenvalue weighted by Gasteiger charge is -2.25. The van der Waals surface area contributed by atoms with Crippen molar-refractivity contribution in [2.75, 3.05) is 6.61 Å². The lowest BCUT2D eigenvalue weighted by atomic mass is 9.91. The molecule has 0 amide bonds. The number of carbonyl (C=O) groups excluding carboxylic acids is 1. The number of thiazole rings is 1. The lowest BCUT2D eigenvalue weighted by Crippen LogP contribution is -2.40. The van der Waals surface area contributed by atoms with E-state index in [0.717, 1.165) is 33.2 Å². The van der Waals surface area contributed by atoms with Crippen molar-refractivity contribution in [1.82, 2.24) is 4.57 Å². The maximum absolute atomic E-state index is 14.0. The van der Waals surface area contributed by atoms with Crippen LogP contribution in [0, 0.1) is 6.92 Å². The zero-order valence-electron chi connectivity index (χ0n) is 23.7. The van der Waals surface area contributed by atoms with Gasteiger partial charge in [-0.1, -0.05) is 95.8 Å². The highest BCUT2D eigenvalue weighted by molar-refractivity contribution is 7.07. The van der Waals surface area contributed by atoms with Crippen molar-refractivity contribution in [2.24, 2.45) is 4.99 Å². The highest BCUT2D eigenvalue weighted by Gasteiger charge is 2.34. The summed E-state index contributed by atoms with van der Waals surface area (Å²) in [5.74, 6) is 0.284. The molecular formula is C35H30N2O4S. The second kappa shape index (κ2) is 11.6. The highest BCUT2D eigenvalue weighted by atomic mass is 32.1. The van der Waals surface area contributed by atoms with E-state index in [9.17, 15) is 9.59 Å². The number of aromatic nitrogens is 1. The van der Waals surface area contributed by atoms with Gasteiger partial charge in [0.1, 0.15) is 12.4 Å². The Bertz CT molecular complexity index is 2000. The number of esters is 1. The molecule has 4 aromatic carbocycles. The molecule has 210 valence electrons. The van der Waals surface area contributed by atoms with Crippen molar-refractivity contribution in [3.63, 3.8) is 0 Å². The van der Waals surface area contributed by atoms with Gasteiger partial charge >= 0.3 is 5.97 Å². The number of rotatable bonds is 7. The molecule has 0 saturated carbocycles. The van der Waals surface area contributed by atoms with Crippen molar-refractivity contribution in [2.45, 2.75) is 33.4 Å². The molecule has 1 aromatic heterocycles. The summed E-state index contributed by atoms with van der Waals surface area (Å²) in [6.45, 7) is 6.34. The average molecular weight is 575 g/mol. The predicted molar refractivity (Wildman–Crippen MR) is 166 cm³/mol. The van der Waals surface area contributed by atoms with E-state index in [-0.39, 0.29) is 12.2 Å². The first-order valence-corrected chi connectivity index (χ1v) is 14.7. The molecule has 42 heavy (non-hydrogen) atoms. The Labute approximate surface area is 247 Å². The minimum Gasteiger partial charge on any atom is -0.489 e. The van der Waals surface area contributed by atoms with E-state index in [1.54, 1.807) is 18.4 Å². The summed E-state index contributed by atoms with van der Waals surface area (Å²) in [5.41, 5.74) is 4.76. The van der Waals surface area contributed by atoms with Gasteiger partial charge in [0, 0.05) is 0 Å². The van der Waals surface area contributed by atoms with Gasteiger partial charge in [-0.15, -0.1) is 0 Å². The van der Waals surface area contributed by atoms with Crippen LogP contribution in [-0.2, 0) is 16.1 Å². The molecule has 5 aromatic rings. The molecule has 0 radical (unpaired) electrons. The van der Waals surface area contributed by atoms with Crippen molar-refractivity contribution >= 4 is 34.2 Å². The Hall–Kier alpha value is -4.75. The minimum atomic E-state index is -0.661. The van der Waals surface area contributed by atoms with E-state index in [0.29, 0.717) is 27.2 Å². The maximum Gasteiger partial charge on any atom is 0.338 e. The molecule has 1 atom stereocenters. The van der Waals surface area contributed by atoms with Crippen LogP contribution in [-0.4, -0.2) is 17.1 Å². The zero-order valence-corrected chi connectivity index (χ0v) is 24.5. The maximum atomic E-state index is 14.0. The van der Waals surface area contributed by atoms with Gasteiger partial charge in [0.05, 0.1) is 28.5 Å². The lowest BCUT2D eigenvalue weighted by molar-refractivity contribution is -0.139. The molecule has 0 N–H and O–H groups in total. The largest absolute Gasteiger partial charge is 0.489 e. The molecular weight excluding hydrogens is 544 g/mol. The second-order valence-corrected chi connectivity index (χ2v) is 11.2. The summed E-state index contributed by atoms with van der Waals surface area (Å²) in [6, 6.07) is 29.2. The van der Waals surface area contributed by atoms with Crippen molar-refractivity contribution in [1.29, 1.82) is 0 Å². The number of allylic oxidation sites excluding steroid dienone is 1. The monoisotopic (exact) mass is 574 g/mol. The predicted octanol–water partition coefficient (Wildman–Crippen LogP) is 5.84. The number of fused-ring (bicyclic) bond motifs is 2. The Balaban J connectivity index is 1.39. The van der Waals surface area contributed by atoms with Crippen LogP contribution >= 0.6 is 11.3 Å². The number of ether oxygens (including phenoxy) is 2. The van der Waals surface area contributed by atoms with Crippen LogP contribution in [0.25, 0.3) is 16.8 Å². The van der Waals surface area contributed by atoms with Crippen LogP contribution < -0.4 is 19.6 Å². The van der Waals surface area contributed by atoms with Gasteiger partial charge < -0.3 is 9.47 Å². The fourth-order valence-corrected chi connectivity index (χ4v) is 6.28. The standard InChI is InChI=1S/C35H30N2O4S/c1-4-40-34(39)31-23(3)36-35-37(32(31)29-11-7-9-26-8-5-6-10-28(26)29)33(38)30(42-35)20-24-16-18-27(19-17-24)41-21-25-14-12-22(2)13-15-25/h5-20,32H,4,21H2,1-3H3/b30-20+/t32-/m0/s1. The van der Waals surface area contributed by atoms with E-state index < -0.39 is 12.0 Å². The summed E-state index contributed by atoms with van der Waals surface area (Å²) < 4.78 is 13.6. The molecule has 0 fully saturated rings. The van der Waals surface area contributed by atoms with Gasteiger partial charge in [0.25, 0.3) is 5.56 Å². The van der Waals surface area contributed by atoms with Crippen LogP contribution in [0.3, 0.4) is 0 Å². The highest BCUT2D eigenvalue weighted by Crippen LogP contribution is 2.34. The molecule has 6 rings (SSSR count). The first-order valence-electron chi connectivity index (χ1n) is 13.9. The molecule has 0 aliphatic carbocycles. The summed E-state index contributed by atoms with van der Waals surface area (Å²) in [5, 5.41) is 2.00. The summed E-state index contributed by atoms with van der Waals surface area (Å²) in [7, 11) is 0. The van der Waals surface area contributed by atoms with E-state index in [1.807, 2.05) is 72.8 Å². The molecule has 0 bridgehead atoms. The number of hydrogen-bond acceptors (Lipinski definition) is 6. The zero-order chi connectivity index (χ0) is 29.2. The number of nitrogens with zero attached hydrogens (tertiary/aromatic N) is 2. The van der Waals surface area contributed by atoms with Gasteiger partial charge in [-0.3, -0.25) is 9.36 Å². The summed E-state index contributed by atoms with van der Waals surface area (Å²) >= 11 is 1.32. The van der Waals surface area contributed by atoms with Crippen LogP contribution in [0.15, 0.2) is 112 Å². The SMILES string of the molecule is CCOC(=O)C1=C(C)N=c2s/c(=C/c3ccc(OCc4ccc(C)cc4)cc3)c(=O)n2[C@H]1c1cccc2ccccc12. The Morgan fingerprint density at radius 3 is 2.45 bits per heavy atom. The van der Waals surface area contributed by atoms with Crippen molar-refractivity contribution < 1.29 is 14.3 Å². The summed E-state index contributed by atoms with van der Waals surface area (Å²) in [4.78, 5) is 32.5. The van der Waals surface area contributed by atoms with Crippen LogP contribution in [0.5, 0.6) is 5.75 Å². The van der Waals surface area contributed by atoms with Gasteiger partial charge in [-0.25, -0.2) is 9.79 Å². The molecule has 1 aliphatic heterocycles. The third-order valence-corrected chi connectivity index (χ3v) is 8.32. The Morgan fingerprint density at radius 1 is 0.952 bits per heavy atom. The molecule has 7 heteroatoms. The van der Waals surface area contributed by atoms with E-state index >= 15 is 0 Å². The van der Waals surface area contributed by atoms with Crippen molar-refractivity contribution in [3.8, 4) is 5.75 Å². The molecule has 1 aliphatic rings. The van der Waals surface area contributed by atoms with Crippen LogP contribution in [0.4, 0.5) is 0 Å². The van der Waals surface area contributed by atoms with E-state index in [4.69, 9.17) is 14.5 Å². The molecule has 6 nitrogen and oxygen atoms in total. The molecule has 0 spiro atoms. The Morgan fingerprint density at radius 2 is 1.69 bits per heavy atom. The first kappa shape index (κ1) is 27.4. The third kappa shape index (κ3) is 5.31. The fourth-order valence-electron chi connectivity index (χ4n) is 5.24. The Kier molecular flexibility index (Phi) is 7.59. The van der Waals surface area contributed by atoms with Crippen LogP contribution in [0.1, 0.15) is 42.1 Å². The van der Waals surface area contributed by atoms with Gasteiger partial charge in [-0.2, -0.15) is 0 Å². The topological polar surface area (TPSA) is 69.9 Å². The smallest absolute Gasteiger partial charge is 0.338 e. The van der Waals surface area contributed by atoms with E-state index in [2.05, 4.69) is 31.2 Å².